The van der Waals surface area contributed by atoms with E-state index in [2.05, 4.69) is 6.58 Å². The van der Waals surface area contributed by atoms with Crippen molar-refractivity contribution in [2.75, 3.05) is 13.2 Å². The van der Waals surface area contributed by atoms with Crippen LogP contribution in [0.4, 0.5) is 0 Å². The van der Waals surface area contributed by atoms with Gasteiger partial charge in [0.25, 0.3) is 11.8 Å². The van der Waals surface area contributed by atoms with Gasteiger partial charge in [0.05, 0.1) is 16.7 Å². The van der Waals surface area contributed by atoms with Crippen LogP contribution >= 0.6 is 0 Å². The summed E-state index contributed by atoms with van der Waals surface area (Å²) in [5.41, 5.74) is 2.89. The zero-order chi connectivity index (χ0) is 22.7. The molecule has 0 bridgehead atoms. The summed E-state index contributed by atoms with van der Waals surface area (Å²) < 4.78 is 5.14. The number of imide groups is 1. The molecular formula is C26H19NO5. The maximum absolute atomic E-state index is 12.4. The number of carbonyl (C=O) groups excluding carboxylic acids is 4. The number of hydrogen-bond donors (Lipinski definition) is 0. The highest BCUT2D eigenvalue weighted by molar-refractivity contribution is 6.22. The third-order valence-corrected chi connectivity index (χ3v) is 5.17. The average Bonchev–Trinajstić information content (AvgIpc) is 3.07. The van der Waals surface area contributed by atoms with E-state index in [-0.39, 0.29) is 29.0 Å². The van der Waals surface area contributed by atoms with Crippen LogP contribution in [0.15, 0.2) is 85.5 Å². The third kappa shape index (κ3) is 3.98. The van der Waals surface area contributed by atoms with Crippen molar-refractivity contribution < 1.29 is 23.9 Å². The Morgan fingerprint density at radius 1 is 0.812 bits per heavy atom. The minimum Gasteiger partial charge on any atom is -0.454 e. The van der Waals surface area contributed by atoms with E-state index >= 15 is 0 Å². The normalized spacial score (nSPS) is 12.4. The zero-order valence-corrected chi connectivity index (χ0v) is 17.1. The van der Waals surface area contributed by atoms with Crippen LogP contribution in [0, 0.1) is 0 Å². The first-order valence-corrected chi connectivity index (χ1v) is 9.96. The SMILES string of the molecule is C=CCN1C(=O)c2ccc(C(=O)OCC(=O)c3ccc(-c4ccccc4)cc3)cc2C1=O. The minimum absolute atomic E-state index is 0.0870. The number of nitrogens with zero attached hydrogens (tertiary/aromatic N) is 1. The van der Waals surface area contributed by atoms with Crippen LogP contribution < -0.4 is 0 Å². The Balaban J connectivity index is 1.41. The highest BCUT2D eigenvalue weighted by atomic mass is 16.5. The number of Topliss-reactive ketones (excluding diaryl/α,β-unsaturated/α-hetero) is 1. The van der Waals surface area contributed by atoms with E-state index < -0.39 is 24.4 Å². The van der Waals surface area contributed by atoms with Crippen molar-refractivity contribution in [1.82, 2.24) is 4.90 Å². The fraction of sp³-hybridized carbons (Fsp3) is 0.0769. The summed E-state index contributed by atoms with van der Waals surface area (Å²) in [6, 6.07) is 20.9. The molecule has 0 aromatic heterocycles. The number of amides is 2. The third-order valence-electron chi connectivity index (χ3n) is 5.17. The van der Waals surface area contributed by atoms with Crippen LogP contribution in [0.2, 0.25) is 0 Å². The van der Waals surface area contributed by atoms with Crippen molar-refractivity contribution in [1.29, 1.82) is 0 Å². The van der Waals surface area contributed by atoms with Crippen LogP contribution in [-0.4, -0.2) is 41.6 Å². The van der Waals surface area contributed by atoms with E-state index in [4.69, 9.17) is 4.74 Å². The molecule has 4 rings (SSSR count). The first-order chi connectivity index (χ1) is 15.5. The average molecular weight is 425 g/mol. The quantitative estimate of drug-likeness (QED) is 0.246. The lowest BCUT2D eigenvalue weighted by molar-refractivity contribution is 0.0474. The number of rotatable bonds is 7. The standard InChI is InChI=1S/C26H19NO5/c1-2-14-27-24(29)21-13-12-20(15-22(21)25(27)30)26(31)32-16-23(28)19-10-8-18(9-11-19)17-6-4-3-5-7-17/h2-13,15H,1,14,16H2. The molecule has 0 radical (unpaired) electrons. The highest BCUT2D eigenvalue weighted by Gasteiger charge is 2.35. The number of ketones is 1. The van der Waals surface area contributed by atoms with Gasteiger partial charge in [0.1, 0.15) is 0 Å². The first kappa shape index (κ1) is 20.9. The molecule has 0 saturated carbocycles. The zero-order valence-electron chi connectivity index (χ0n) is 17.1. The van der Waals surface area contributed by atoms with Gasteiger partial charge in [-0.25, -0.2) is 4.79 Å². The number of fused-ring (bicyclic) bond motifs is 1. The molecule has 6 heteroatoms. The van der Waals surface area contributed by atoms with Gasteiger partial charge in [-0.3, -0.25) is 19.3 Å². The molecule has 6 nitrogen and oxygen atoms in total. The second-order valence-electron chi connectivity index (χ2n) is 7.21. The lowest BCUT2D eigenvalue weighted by Gasteiger charge is -2.09. The molecule has 1 heterocycles. The van der Waals surface area contributed by atoms with Crippen LogP contribution in [0.25, 0.3) is 11.1 Å². The molecule has 0 saturated heterocycles. The van der Waals surface area contributed by atoms with Crippen molar-refractivity contribution in [3.63, 3.8) is 0 Å². The number of ether oxygens (including phenoxy) is 1. The van der Waals surface area contributed by atoms with E-state index in [1.165, 1.54) is 24.3 Å². The summed E-state index contributed by atoms with van der Waals surface area (Å²) in [7, 11) is 0. The van der Waals surface area contributed by atoms with E-state index in [9.17, 15) is 19.2 Å². The minimum atomic E-state index is -0.746. The van der Waals surface area contributed by atoms with Crippen LogP contribution in [-0.2, 0) is 4.74 Å². The molecule has 3 aromatic carbocycles. The second kappa shape index (κ2) is 8.81. The number of carbonyl (C=O) groups is 4. The summed E-state index contributed by atoms with van der Waals surface area (Å²) in [4.78, 5) is 50.6. The predicted molar refractivity (Wildman–Crippen MR) is 118 cm³/mol. The van der Waals surface area contributed by atoms with Crippen molar-refractivity contribution in [2.24, 2.45) is 0 Å². The van der Waals surface area contributed by atoms with Gasteiger partial charge in [0, 0.05) is 12.1 Å². The number of benzene rings is 3. The monoisotopic (exact) mass is 425 g/mol. The Morgan fingerprint density at radius 2 is 1.44 bits per heavy atom. The Kier molecular flexibility index (Phi) is 5.77. The Morgan fingerprint density at radius 3 is 2.12 bits per heavy atom. The molecule has 158 valence electrons. The Bertz CT molecular complexity index is 1230. The fourth-order valence-electron chi connectivity index (χ4n) is 3.49. The Labute approximate surface area is 184 Å². The largest absolute Gasteiger partial charge is 0.454 e. The van der Waals surface area contributed by atoms with Crippen LogP contribution in [0.1, 0.15) is 41.4 Å². The van der Waals surface area contributed by atoms with Gasteiger partial charge < -0.3 is 4.74 Å². The molecule has 0 fully saturated rings. The molecule has 0 spiro atoms. The molecule has 0 atom stereocenters. The summed E-state index contributed by atoms with van der Waals surface area (Å²) >= 11 is 0. The van der Waals surface area contributed by atoms with E-state index in [1.807, 2.05) is 42.5 Å². The lowest BCUT2D eigenvalue weighted by atomic mass is 10.0. The van der Waals surface area contributed by atoms with Gasteiger partial charge in [-0.05, 0) is 29.3 Å². The van der Waals surface area contributed by atoms with Gasteiger partial charge >= 0.3 is 5.97 Å². The van der Waals surface area contributed by atoms with E-state index in [1.54, 1.807) is 12.1 Å². The van der Waals surface area contributed by atoms with Crippen molar-refractivity contribution in [3.05, 3.63) is 108 Å². The molecular weight excluding hydrogens is 406 g/mol. The molecule has 1 aliphatic heterocycles. The first-order valence-electron chi connectivity index (χ1n) is 9.96. The summed E-state index contributed by atoms with van der Waals surface area (Å²) in [6.07, 6.45) is 1.45. The maximum atomic E-state index is 12.4. The van der Waals surface area contributed by atoms with Gasteiger partial charge in [-0.1, -0.05) is 60.7 Å². The number of hydrogen-bond acceptors (Lipinski definition) is 5. The molecule has 0 N–H and O–H groups in total. The second-order valence-corrected chi connectivity index (χ2v) is 7.21. The molecule has 1 aliphatic rings. The van der Waals surface area contributed by atoms with Crippen LogP contribution in [0.3, 0.4) is 0 Å². The Hall–Kier alpha value is -4.32. The molecule has 0 unspecified atom stereocenters. The van der Waals surface area contributed by atoms with Crippen LogP contribution in [0.5, 0.6) is 0 Å². The fourth-order valence-corrected chi connectivity index (χ4v) is 3.49. The van der Waals surface area contributed by atoms with Gasteiger partial charge in [0.2, 0.25) is 0 Å². The summed E-state index contributed by atoms with van der Waals surface area (Å²) in [5.74, 6) is -2.01. The predicted octanol–water partition coefficient (Wildman–Crippen LogP) is 4.18. The molecule has 2 amide bonds. The number of esters is 1. The van der Waals surface area contributed by atoms with Crippen molar-refractivity contribution >= 4 is 23.6 Å². The van der Waals surface area contributed by atoms with Crippen molar-refractivity contribution in [3.8, 4) is 11.1 Å². The highest BCUT2D eigenvalue weighted by Crippen LogP contribution is 2.24. The maximum Gasteiger partial charge on any atom is 0.338 e. The molecule has 32 heavy (non-hydrogen) atoms. The lowest BCUT2D eigenvalue weighted by Crippen LogP contribution is -2.29. The summed E-state index contributed by atoms with van der Waals surface area (Å²) in [6.45, 7) is 3.19. The summed E-state index contributed by atoms with van der Waals surface area (Å²) in [5, 5.41) is 0. The van der Waals surface area contributed by atoms with E-state index in [0.29, 0.717) is 5.56 Å². The van der Waals surface area contributed by atoms with Crippen molar-refractivity contribution in [2.45, 2.75) is 0 Å². The topological polar surface area (TPSA) is 80.8 Å². The molecule has 3 aromatic rings. The van der Waals surface area contributed by atoms with Gasteiger partial charge in [-0.15, -0.1) is 6.58 Å². The smallest absolute Gasteiger partial charge is 0.338 e. The van der Waals surface area contributed by atoms with E-state index in [0.717, 1.165) is 16.0 Å². The van der Waals surface area contributed by atoms with Gasteiger partial charge in [-0.2, -0.15) is 0 Å². The molecule has 0 aliphatic carbocycles. The van der Waals surface area contributed by atoms with Gasteiger partial charge in [0.15, 0.2) is 12.4 Å².